The fraction of sp³-hybridized carbons (Fsp3) is 0.462. The van der Waals surface area contributed by atoms with Gasteiger partial charge in [-0.2, -0.15) is 0 Å². The number of urea groups is 1. The van der Waals surface area contributed by atoms with Gasteiger partial charge in [0.2, 0.25) is 0 Å². The van der Waals surface area contributed by atoms with Gasteiger partial charge in [0.1, 0.15) is 11.5 Å². The number of hydrogen-bond donors (Lipinski definition) is 2. The Balaban J connectivity index is 2.03. The van der Waals surface area contributed by atoms with E-state index in [4.69, 9.17) is 9.84 Å². The van der Waals surface area contributed by atoms with Crippen molar-refractivity contribution < 1.29 is 24.2 Å². The minimum atomic E-state index is -1.10. The van der Waals surface area contributed by atoms with Gasteiger partial charge < -0.3 is 14.7 Å². The van der Waals surface area contributed by atoms with E-state index in [0.717, 1.165) is 24.2 Å². The highest BCUT2D eigenvalue weighted by molar-refractivity contribution is 7.14. The minimum Gasteiger partial charge on any atom is -0.478 e. The lowest BCUT2D eigenvalue weighted by Crippen LogP contribution is -2.41. The molecule has 1 saturated carbocycles. The standard InChI is InChI=1S/C13H16N2O5S/c1-2-20-10(16)7-15(8-3-4-8)13(19)14-11-9(12(17)18)5-6-21-11/h5-6,8H,2-4,7H2,1H3,(H,14,19)(H,17,18). The number of carboxylic acid groups (broad SMARTS) is 1. The van der Waals surface area contributed by atoms with Crippen LogP contribution in [0, 0.1) is 0 Å². The van der Waals surface area contributed by atoms with Crippen molar-refractivity contribution in [1.29, 1.82) is 0 Å². The first-order valence-corrected chi connectivity index (χ1v) is 7.45. The Bertz CT molecular complexity index is 553. The van der Waals surface area contributed by atoms with E-state index in [1.54, 1.807) is 12.3 Å². The molecule has 8 heteroatoms. The second-order valence-electron chi connectivity index (χ2n) is 4.56. The summed E-state index contributed by atoms with van der Waals surface area (Å²) < 4.78 is 4.85. The Labute approximate surface area is 125 Å². The quantitative estimate of drug-likeness (QED) is 0.783. The van der Waals surface area contributed by atoms with Gasteiger partial charge in [-0.1, -0.05) is 0 Å². The Morgan fingerprint density at radius 3 is 2.76 bits per heavy atom. The molecular formula is C13H16N2O5S. The molecule has 0 aromatic carbocycles. The summed E-state index contributed by atoms with van der Waals surface area (Å²) >= 11 is 1.13. The molecule has 0 saturated heterocycles. The number of carboxylic acids is 1. The van der Waals surface area contributed by atoms with E-state index in [1.165, 1.54) is 11.0 Å². The number of carbonyl (C=O) groups is 3. The molecule has 1 aliphatic carbocycles. The van der Waals surface area contributed by atoms with Crippen LogP contribution in [0.5, 0.6) is 0 Å². The van der Waals surface area contributed by atoms with Gasteiger partial charge in [0.05, 0.1) is 12.2 Å². The van der Waals surface area contributed by atoms with Gasteiger partial charge in [-0.05, 0) is 31.2 Å². The van der Waals surface area contributed by atoms with Crippen molar-refractivity contribution in [2.75, 3.05) is 18.5 Å². The molecule has 0 bridgehead atoms. The number of amides is 2. The number of anilines is 1. The number of hydrogen-bond acceptors (Lipinski definition) is 5. The normalized spacial score (nSPS) is 13.6. The van der Waals surface area contributed by atoms with Crippen LogP contribution in [0.4, 0.5) is 9.80 Å². The van der Waals surface area contributed by atoms with Crippen molar-refractivity contribution in [2.45, 2.75) is 25.8 Å². The highest BCUT2D eigenvalue weighted by atomic mass is 32.1. The molecule has 7 nitrogen and oxygen atoms in total. The molecule has 1 fully saturated rings. The maximum atomic E-state index is 12.2. The first-order valence-electron chi connectivity index (χ1n) is 6.57. The third-order valence-electron chi connectivity index (χ3n) is 2.97. The van der Waals surface area contributed by atoms with Crippen molar-refractivity contribution in [3.05, 3.63) is 17.0 Å². The van der Waals surface area contributed by atoms with E-state index in [0.29, 0.717) is 0 Å². The summed E-state index contributed by atoms with van der Waals surface area (Å²) in [5.74, 6) is -1.57. The molecule has 2 amide bonds. The van der Waals surface area contributed by atoms with Crippen LogP contribution in [0.15, 0.2) is 11.4 Å². The summed E-state index contributed by atoms with van der Waals surface area (Å²) in [5, 5.41) is 13.4. The van der Waals surface area contributed by atoms with E-state index in [2.05, 4.69) is 5.32 Å². The van der Waals surface area contributed by atoms with Crippen molar-refractivity contribution >= 4 is 34.3 Å². The average molecular weight is 312 g/mol. The van der Waals surface area contributed by atoms with Crippen LogP contribution >= 0.6 is 11.3 Å². The Kier molecular flexibility index (Phi) is 4.79. The molecule has 0 atom stereocenters. The van der Waals surface area contributed by atoms with Crippen LogP contribution in [0.2, 0.25) is 0 Å². The van der Waals surface area contributed by atoms with E-state index >= 15 is 0 Å². The predicted molar refractivity (Wildman–Crippen MR) is 76.7 cm³/mol. The zero-order chi connectivity index (χ0) is 15.4. The smallest absolute Gasteiger partial charge is 0.338 e. The number of esters is 1. The molecule has 0 radical (unpaired) electrons. The van der Waals surface area contributed by atoms with Gasteiger partial charge in [0, 0.05) is 6.04 Å². The molecule has 2 rings (SSSR count). The predicted octanol–water partition coefficient (Wildman–Crippen LogP) is 2.01. The minimum absolute atomic E-state index is 0.0163. The van der Waals surface area contributed by atoms with Gasteiger partial charge in [0.25, 0.3) is 0 Å². The van der Waals surface area contributed by atoms with Crippen LogP contribution < -0.4 is 5.32 Å². The fourth-order valence-electron chi connectivity index (χ4n) is 1.84. The Morgan fingerprint density at radius 2 is 2.19 bits per heavy atom. The van der Waals surface area contributed by atoms with Crippen molar-refractivity contribution in [1.82, 2.24) is 4.90 Å². The van der Waals surface area contributed by atoms with Crippen LogP contribution in [-0.4, -0.2) is 47.2 Å². The SMILES string of the molecule is CCOC(=O)CN(C(=O)Nc1sccc1C(=O)O)C1CC1. The average Bonchev–Trinajstić information content (AvgIpc) is 3.15. The highest BCUT2D eigenvalue weighted by Crippen LogP contribution is 2.29. The van der Waals surface area contributed by atoms with Crippen molar-refractivity contribution in [3.8, 4) is 0 Å². The first-order chi connectivity index (χ1) is 10.0. The number of ether oxygens (including phenoxy) is 1. The second kappa shape index (κ2) is 6.57. The molecule has 0 spiro atoms. The molecule has 0 unspecified atom stereocenters. The third-order valence-corrected chi connectivity index (χ3v) is 3.80. The number of nitrogens with zero attached hydrogens (tertiary/aromatic N) is 1. The summed E-state index contributed by atoms with van der Waals surface area (Å²) in [6.07, 6.45) is 1.67. The number of rotatable bonds is 6. The topological polar surface area (TPSA) is 95.9 Å². The highest BCUT2D eigenvalue weighted by Gasteiger charge is 2.34. The summed E-state index contributed by atoms with van der Waals surface area (Å²) in [4.78, 5) is 36.2. The van der Waals surface area contributed by atoms with Gasteiger partial charge >= 0.3 is 18.0 Å². The molecule has 114 valence electrons. The van der Waals surface area contributed by atoms with E-state index in [9.17, 15) is 14.4 Å². The molecule has 1 aromatic heterocycles. The van der Waals surface area contributed by atoms with Gasteiger partial charge in [-0.3, -0.25) is 10.1 Å². The molecule has 1 aliphatic rings. The first kappa shape index (κ1) is 15.3. The zero-order valence-corrected chi connectivity index (χ0v) is 12.3. The molecule has 1 heterocycles. The van der Waals surface area contributed by atoms with E-state index in [1.807, 2.05) is 0 Å². The summed E-state index contributed by atoms with van der Waals surface area (Å²) in [6, 6.07) is 0.966. The second-order valence-corrected chi connectivity index (χ2v) is 5.48. The summed E-state index contributed by atoms with van der Waals surface area (Å²) in [7, 11) is 0. The maximum Gasteiger partial charge on any atom is 0.338 e. The van der Waals surface area contributed by atoms with E-state index in [-0.39, 0.29) is 29.8 Å². The van der Waals surface area contributed by atoms with E-state index < -0.39 is 18.0 Å². The lowest BCUT2D eigenvalue weighted by Gasteiger charge is -2.21. The zero-order valence-electron chi connectivity index (χ0n) is 11.5. The number of thiophene rings is 1. The van der Waals surface area contributed by atoms with Gasteiger partial charge in [0.15, 0.2) is 0 Å². The van der Waals surface area contributed by atoms with Crippen molar-refractivity contribution in [2.24, 2.45) is 0 Å². The van der Waals surface area contributed by atoms with Crippen LogP contribution in [0.3, 0.4) is 0 Å². The van der Waals surface area contributed by atoms with Crippen LogP contribution in [0.1, 0.15) is 30.1 Å². The molecule has 21 heavy (non-hydrogen) atoms. The van der Waals surface area contributed by atoms with Gasteiger partial charge in [-0.25, -0.2) is 9.59 Å². The summed E-state index contributed by atoms with van der Waals surface area (Å²) in [5.41, 5.74) is 0.0419. The molecule has 0 aliphatic heterocycles. The maximum absolute atomic E-state index is 12.2. The number of nitrogens with one attached hydrogen (secondary N) is 1. The molecule has 1 aromatic rings. The number of aromatic carboxylic acids is 1. The van der Waals surface area contributed by atoms with Gasteiger partial charge in [-0.15, -0.1) is 11.3 Å². The number of carbonyl (C=O) groups excluding carboxylic acids is 2. The fourth-order valence-corrected chi connectivity index (χ4v) is 2.61. The molecule has 2 N–H and O–H groups in total. The summed E-state index contributed by atoms with van der Waals surface area (Å²) in [6.45, 7) is 1.83. The molecular weight excluding hydrogens is 296 g/mol. The Morgan fingerprint density at radius 1 is 1.48 bits per heavy atom. The third kappa shape index (κ3) is 3.94. The lowest BCUT2D eigenvalue weighted by molar-refractivity contribution is -0.143. The largest absolute Gasteiger partial charge is 0.478 e. The monoisotopic (exact) mass is 312 g/mol. The van der Waals surface area contributed by atoms with Crippen LogP contribution in [0.25, 0.3) is 0 Å². The van der Waals surface area contributed by atoms with Crippen molar-refractivity contribution in [3.63, 3.8) is 0 Å². The lowest BCUT2D eigenvalue weighted by atomic mass is 10.3. The Hall–Kier alpha value is -2.09. The van der Waals surface area contributed by atoms with Crippen LogP contribution in [-0.2, 0) is 9.53 Å².